The Kier molecular flexibility index (Phi) is 2.32. The molecule has 1 heterocycles. The predicted molar refractivity (Wildman–Crippen MR) is 54.8 cm³/mol. The summed E-state index contributed by atoms with van der Waals surface area (Å²) in [4.78, 5) is 22.3. The fourth-order valence-electron chi connectivity index (χ4n) is 1.34. The van der Waals surface area contributed by atoms with E-state index >= 15 is 0 Å². The van der Waals surface area contributed by atoms with Gasteiger partial charge in [0.15, 0.2) is 11.6 Å². The van der Waals surface area contributed by atoms with E-state index in [2.05, 4.69) is 4.74 Å². The van der Waals surface area contributed by atoms with Crippen LogP contribution in [0.5, 0.6) is 0 Å². The fraction of sp³-hybridized carbons (Fsp3) is 0. The molecule has 0 radical (unpaired) electrons. The Bertz CT molecular complexity index is 468. The predicted octanol–water partition coefficient (Wildman–Crippen LogP) is 0.276. The summed E-state index contributed by atoms with van der Waals surface area (Å²) in [5, 5.41) is -0.575. The van der Waals surface area contributed by atoms with Crippen molar-refractivity contribution < 1.29 is 23.1 Å². The van der Waals surface area contributed by atoms with Crippen molar-refractivity contribution in [3.63, 3.8) is 0 Å². The molecule has 0 bridgehead atoms. The number of carbonyl (C=O) groups excluding carboxylic acids is 2. The van der Waals surface area contributed by atoms with E-state index < -0.39 is 23.6 Å². The van der Waals surface area contributed by atoms with Gasteiger partial charge in [0, 0.05) is 10.6 Å². The molecule has 78 valence electrons. The minimum atomic E-state index is -1.17. The molecule has 0 amide bonds. The SMILES string of the molecule is O=C1OC(=O)c2c(P)c(F)c(F)c(P)c21. The minimum absolute atomic E-state index is 0.228. The van der Waals surface area contributed by atoms with Gasteiger partial charge in [-0.1, -0.05) is 0 Å². The van der Waals surface area contributed by atoms with Crippen LogP contribution in [0.2, 0.25) is 0 Å². The molecule has 7 heteroatoms. The maximum Gasteiger partial charge on any atom is 0.347 e. The zero-order valence-corrected chi connectivity index (χ0v) is 9.44. The molecule has 0 aliphatic carbocycles. The minimum Gasteiger partial charge on any atom is -0.386 e. The third kappa shape index (κ3) is 1.30. The van der Waals surface area contributed by atoms with Gasteiger partial charge in [-0.2, -0.15) is 0 Å². The first-order chi connectivity index (χ1) is 6.95. The first-order valence-electron chi connectivity index (χ1n) is 3.77. The normalized spacial score (nSPS) is 14.1. The largest absolute Gasteiger partial charge is 0.386 e. The summed E-state index contributed by atoms with van der Waals surface area (Å²) in [5.74, 6) is -4.25. The van der Waals surface area contributed by atoms with Gasteiger partial charge in [0.1, 0.15) is 0 Å². The van der Waals surface area contributed by atoms with Gasteiger partial charge in [0.25, 0.3) is 0 Å². The highest BCUT2D eigenvalue weighted by atomic mass is 31.0. The Morgan fingerprint density at radius 1 is 0.867 bits per heavy atom. The fourth-order valence-corrected chi connectivity index (χ4v) is 2.11. The molecule has 2 rings (SSSR count). The van der Waals surface area contributed by atoms with Crippen molar-refractivity contribution in [2.45, 2.75) is 0 Å². The van der Waals surface area contributed by atoms with E-state index in [1.165, 1.54) is 0 Å². The highest BCUT2D eigenvalue weighted by Gasteiger charge is 2.36. The lowest BCUT2D eigenvalue weighted by molar-refractivity contribution is 0.0445. The van der Waals surface area contributed by atoms with E-state index in [9.17, 15) is 18.4 Å². The second-order valence-corrected chi connectivity index (χ2v) is 4.04. The van der Waals surface area contributed by atoms with Crippen LogP contribution in [0, 0.1) is 11.6 Å². The molecule has 0 fully saturated rings. The number of ether oxygens (including phenoxy) is 1. The van der Waals surface area contributed by atoms with Gasteiger partial charge < -0.3 is 4.74 Å². The van der Waals surface area contributed by atoms with E-state index in [0.29, 0.717) is 0 Å². The van der Waals surface area contributed by atoms with E-state index in [4.69, 9.17) is 0 Å². The summed E-state index contributed by atoms with van der Waals surface area (Å²) >= 11 is 0. The molecule has 0 N–H and O–H groups in total. The Morgan fingerprint density at radius 3 is 1.53 bits per heavy atom. The van der Waals surface area contributed by atoms with Crippen LogP contribution in [0.3, 0.4) is 0 Å². The van der Waals surface area contributed by atoms with Gasteiger partial charge in [-0.3, -0.25) is 0 Å². The lowest BCUT2D eigenvalue weighted by atomic mass is 10.1. The van der Waals surface area contributed by atoms with Crippen LogP contribution in [0.15, 0.2) is 0 Å². The molecule has 0 saturated heterocycles. The average molecular weight is 248 g/mol. The zero-order chi connectivity index (χ0) is 11.3. The summed E-state index contributed by atoms with van der Waals surface area (Å²) in [7, 11) is 3.77. The summed E-state index contributed by atoms with van der Waals surface area (Å²) < 4.78 is 30.7. The summed E-state index contributed by atoms with van der Waals surface area (Å²) in [6.45, 7) is 0. The molecule has 1 aliphatic heterocycles. The third-order valence-electron chi connectivity index (χ3n) is 2.05. The lowest BCUT2D eigenvalue weighted by Crippen LogP contribution is -2.22. The summed E-state index contributed by atoms with van der Waals surface area (Å²) in [5.41, 5.74) is -0.456. The van der Waals surface area contributed by atoms with Gasteiger partial charge in [-0.25, -0.2) is 18.4 Å². The molecule has 15 heavy (non-hydrogen) atoms. The number of carbonyl (C=O) groups is 2. The highest BCUT2D eigenvalue weighted by Crippen LogP contribution is 2.23. The molecule has 1 aliphatic rings. The molecule has 0 aromatic heterocycles. The van der Waals surface area contributed by atoms with E-state index in [1.54, 1.807) is 0 Å². The molecule has 2 atom stereocenters. The second kappa shape index (κ2) is 3.29. The van der Waals surface area contributed by atoms with Crippen molar-refractivity contribution in [1.82, 2.24) is 0 Å². The van der Waals surface area contributed by atoms with Gasteiger partial charge in [-0.05, 0) is 0 Å². The van der Waals surface area contributed by atoms with Gasteiger partial charge in [0.05, 0.1) is 11.1 Å². The van der Waals surface area contributed by atoms with Crippen molar-refractivity contribution in [1.29, 1.82) is 0 Å². The monoisotopic (exact) mass is 248 g/mol. The van der Waals surface area contributed by atoms with Gasteiger partial charge >= 0.3 is 11.9 Å². The number of hydrogen-bond donors (Lipinski definition) is 0. The van der Waals surface area contributed by atoms with E-state index in [0.717, 1.165) is 0 Å². The number of esters is 2. The number of hydrogen-bond acceptors (Lipinski definition) is 3. The van der Waals surface area contributed by atoms with Crippen LogP contribution in [-0.2, 0) is 4.74 Å². The molecule has 0 spiro atoms. The van der Waals surface area contributed by atoms with Crippen LogP contribution < -0.4 is 10.6 Å². The Labute approximate surface area is 87.6 Å². The maximum absolute atomic E-state index is 13.2. The number of cyclic esters (lactones) is 2. The number of halogens is 2. The van der Waals surface area contributed by atoms with Crippen LogP contribution in [-0.4, -0.2) is 11.9 Å². The van der Waals surface area contributed by atoms with Crippen LogP contribution in [0.1, 0.15) is 20.7 Å². The molecule has 1 aromatic rings. The number of fused-ring (bicyclic) bond motifs is 1. The van der Waals surface area contributed by atoms with Crippen LogP contribution in [0.4, 0.5) is 8.78 Å². The summed E-state index contributed by atoms with van der Waals surface area (Å²) in [6, 6.07) is 0. The average Bonchev–Trinajstić information content (AvgIpc) is 2.47. The Morgan fingerprint density at radius 2 is 1.20 bits per heavy atom. The first kappa shape index (κ1) is 10.6. The molecular formula is C8H4F2O3P2. The lowest BCUT2D eigenvalue weighted by Gasteiger charge is -2.05. The van der Waals surface area contributed by atoms with Gasteiger partial charge in [0.2, 0.25) is 0 Å². The Hall–Kier alpha value is -0.920. The van der Waals surface area contributed by atoms with Gasteiger partial charge in [-0.15, -0.1) is 18.5 Å². The van der Waals surface area contributed by atoms with Crippen molar-refractivity contribution in [3.8, 4) is 0 Å². The molecule has 3 nitrogen and oxygen atoms in total. The first-order valence-corrected chi connectivity index (χ1v) is 4.93. The Balaban J connectivity index is 2.92. The zero-order valence-electron chi connectivity index (χ0n) is 7.14. The smallest absolute Gasteiger partial charge is 0.347 e. The van der Waals surface area contributed by atoms with E-state index in [1.807, 2.05) is 18.5 Å². The maximum atomic E-state index is 13.2. The van der Waals surface area contributed by atoms with Crippen molar-refractivity contribution in [3.05, 3.63) is 22.8 Å². The van der Waals surface area contributed by atoms with Crippen LogP contribution in [0.25, 0.3) is 0 Å². The standard InChI is InChI=1S/C8H4F2O3P2/c9-3-4(10)6(15)2-1(5(3)14)7(11)13-8(2)12/h14-15H2. The van der Waals surface area contributed by atoms with Crippen molar-refractivity contribution in [2.24, 2.45) is 0 Å². The van der Waals surface area contributed by atoms with Crippen molar-refractivity contribution >= 4 is 41.0 Å². The molecular weight excluding hydrogens is 244 g/mol. The van der Waals surface area contributed by atoms with Crippen LogP contribution >= 0.6 is 18.5 Å². The number of rotatable bonds is 0. The number of benzene rings is 1. The topological polar surface area (TPSA) is 43.4 Å². The van der Waals surface area contributed by atoms with E-state index in [-0.39, 0.29) is 21.7 Å². The quantitative estimate of drug-likeness (QED) is 0.376. The third-order valence-corrected chi connectivity index (χ3v) is 3.13. The second-order valence-electron chi connectivity index (χ2n) is 2.88. The molecule has 2 unspecified atom stereocenters. The molecule has 1 aromatic carbocycles. The highest BCUT2D eigenvalue weighted by molar-refractivity contribution is 7.29. The molecule has 0 saturated carbocycles. The van der Waals surface area contributed by atoms with Crippen molar-refractivity contribution in [2.75, 3.05) is 0 Å². The summed E-state index contributed by atoms with van der Waals surface area (Å²) in [6.07, 6.45) is 0.